The lowest BCUT2D eigenvalue weighted by atomic mass is 10.1. The normalized spacial score (nSPS) is 17.3. The standard InChI is InChI=1S/C12H14N2S/c1-2-4-9(3-1)12-13-7-11(14-12)10-5-6-15-8-10/h5-9H,1-4H2,(H,13,14). The summed E-state index contributed by atoms with van der Waals surface area (Å²) in [6.45, 7) is 0. The largest absolute Gasteiger partial charge is 0.342 e. The highest BCUT2D eigenvalue weighted by Gasteiger charge is 2.19. The third-order valence-corrected chi connectivity index (χ3v) is 3.85. The lowest BCUT2D eigenvalue weighted by Gasteiger charge is -2.03. The number of rotatable bonds is 2. The van der Waals surface area contributed by atoms with E-state index in [0.717, 1.165) is 5.69 Å². The van der Waals surface area contributed by atoms with Crippen molar-refractivity contribution in [1.82, 2.24) is 9.97 Å². The van der Waals surface area contributed by atoms with Crippen molar-refractivity contribution < 1.29 is 0 Å². The van der Waals surface area contributed by atoms with Gasteiger partial charge in [0.25, 0.3) is 0 Å². The van der Waals surface area contributed by atoms with Crippen LogP contribution in [0.2, 0.25) is 0 Å². The zero-order chi connectivity index (χ0) is 10.1. The molecule has 2 aromatic rings. The van der Waals surface area contributed by atoms with Crippen LogP contribution >= 0.6 is 11.3 Å². The van der Waals surface area contributed by atoms with Crippen molar-refractivity contribution in [3.05, 3.63) is 28.8 Å². The number of H-pyrrole nitrogens is 1. The summed E-state index contributed by atoms with van der Waals surface area (Å²) in [5, 5.41) is 4.26. The number of nitrogens with one attached hydrogen (secondary N) is 1. The molecule has 0 bridgehead atoms. The Hall–Kier alpha value is -1.09. The van der Waals surface area contributed by atoms with Crippen LogP contribution in [0.1, 0.15) is 37.4 Å². The molecule has 1 aliphatic rings. The molecule has 0 atom stereocenters. The zero-order valence-electron chi connectivity index (χ0n) is 8.57. The van der Waals surface area contributed by atoms with Crippen molar-refractivity contribution in [2.75, 3.05) is 0 Å². The highest BCUT2D eigenvalue weighted by molar-refractivity contribution is 7.08. The molecule has 1 saturated carbocycles. The molecule has 0 aromatic carbocycles. The average Bonchev–Trinajstić information content (AvgIpc) is 3.02. The van der Waals surface area contributed by atoms with Crippen molar-refractivity contribution >= 4 is 11.3 Å². The van der Waals surface area contributed by atoms with Crippen LogP contribution in [-0.2, 0) is 0 Å². The summed E-state index contributed by atoms with van der Waals surface area (Å²) in [6.07, 6.45) is 7.29. The fraction of sp³-hybridized carbons (Fsp3) is 0.417. The predicted molar refractivity (Wildman–Crippen MR) is 63.1 cm³/mol. The van der Waals surface area contributed by atoms with Crippen LogP contribution in [0.5, 0.6) is 0 Å². The van der Waals surface area contributed by atoms with Crippen LogP contribution in [0.25, 0.3) is 11.3 Å². The molecule has 2 aromatic heterocycles. The molecule has 0 spiro atoms. The van der Waals surface area contributed by atoms with Crippen LogP contribution in [0.3, 0.4) is 0 Å². The van der Waals surface area contributed by atoms with Crippen molar-refractivity contribution in [3.63, 3.8) is 0 Å². The molecular formula is C12H14N2S. The molecule has 2 nitrogen and oxygen atoms in total. The van der Waals surface area contributed by atoms with Gasteiger partial charge in [-0.25, -0.2) is 4.98 Å². The van der Waals surface area contributed by atoms with Gasteiger partial charge in [0, 0.05) is 16.9 Å². The van der Waals surface area contributed by atoms with E-state index >= 15 is 0 Å². The van der Waals surface area contributed by atoms with Gasteiger partial charge in [-0.3, -0.25) is 0 Å². The molecule has 1 fully saturated rings. The maximum atomic E-state index is 4.50. The molecule has 2 heterocycles. The first-order chi connectivity index (χ1) is 7.43. The van der Waals surface area contributed by atoms with E-state index in [1.807, 2.05) is 6.20 Å². The molecule has 3 heteroatoms. The van der Waals surface area contributed by atoms with Crippen LogP contribution in [0.15, 0.2) is 23.0 Å². The van der Waals surface area contributed by atoms with Crippen molar-refractivity contribution in [3.8, 4) is 11.3 Å². The Morgan fingerprint density at radius 3 is 2.93 bits per heavy atom. The molecule has 0 radical (unpaired) electrons. The minimum absolute atomic E-state index is 0.678. The van der Waals surface area contributed by atoms with E-state index in [1.165, 1.54) is 37.1 Å². The minimum Gasteiger partial charge on any atom is -0.342 e. The third-order valence-electron chi connectivity index (χ3n) is 3.17. The fourth-order valence-corrected chi connectivity index (χ4v) is 2.96. The van der Waals surface area contributed by atoms with E-state index in [0.29, 0.717) is 5.92 Å². The van der Waals surface area contributed by atoms with Crippen molar-refractivity contribution in [2.24, 2.45) is 0 Å². The summed E-state index contributed by atoms with van der Waals surface area (Å²) in [5.41, 5.74) is 2.43. The Morgan fingerprint density at radius 2 is 2.20 bits per heavy atom. The van der Waals surface area contributed by atoms with Gasteiger partial charge in [-0.2, -0.15) is 11.3 Å². The van der Waals surface area contributed by atoms with Gasteiger partial charge in [0.1, 0.15) is 5.82 Å². The molecule has 15 heavy (non-hydrogen) atoms. The SMILES string of the molecule is c1cc(-c2cnc(C3CCCC3)[nH]2)cs1. The predicted octanol–water partition coefficient (Wildman–Crippen LogP) is 3.80. The van der Waals surface area contributed by atoms with Gasteiger partial charge in [-0.15, -0.1) is 0 Å². The number of hydrogen-bond donors (Lipinski definition) is 1. The maximum Gasteiger partial charge on any atom is 0.109 e. The molecule has 1 aliphatic carbocycles. The summed E-state index contributed by atoms with van der Waals surface area (Å²) in [4.78, 5) is 7.96. The minimum atomic E-state index is 0.678. The molecular weight excluding hydrogens is 204 g/mol. The van der Waals surface area contributed by atoms with Gasteiger partial charge in [0.2, 0.25) is 0 Å². The number of aromatic nitrogens is 2. The monoisotopic (exact) mass is 218 g/mol. The molecule has 0 amide bonds. The van der Waals surface area contributed by atoms with Gasteiger partial charge in [-0.1, -0.05) is 12.8 Å². The van der Waals surface area contributed by atoms with E-state index in [9.17, 15) is 0 Å². The fourth-order valence-electron chi connectivity index (χ4n) is 2.31. The Kier molecular flexibility index (Phi) is 2.33. The van der Waals surface area contributed by atoms with Gasteiger partial charge in [0.15, 0.2) is 0 Å². The van der Waals surface area contributed by atoms with E-state index in [4.69, 9.17) is 0 Å². The molecule has 78 valence electrons. The first kappa shape index (κ1) is 9.16. The van der Waals surface area contributed by atoms with Crippen LogP contribution in [-0.4, -0.2) is 9.97 Å². The Bertz CT molecular complexity index is 424. The summed E-state index contributed by atoms with van der Waals surface area (Å²) >= 11 is 1.73. The summed E-state index contributed by atoms with van der Waals surface area (Å²) in [6, 6.07) is 2.14. The van der Waals surface area contributed by atoms with E-state index in [2.05, 4.69) is 26.8 Å². The highest BCUT2D eigenvalue weighted by Crippen LogP contribution is 2.33. The van der Waals surface area contributed by atoms with Gasteiger partial charge >= 0.3 is 0 Å². The summed E-state index contributed by atoms with van der Waals surface area (Å²) < 4.78 is 0. The Labute approximate surface area is 93.4 Å². The zero-order valence-corrected chi connectivity index (χ0v) is 9.39. The summed E-state index contributed by atoms with van der Waals surface area (Å²) in [5.74, 6) is 1.87. The third kappa shape index (κ3) is 1.72. The number of aromatic amines is 1. The molecule has 0 aliphatic heterocycles. The van der Waals surface area contributed by atoms with Crippen molar-refractivity contribution in [1.29, 1.82) is 0 Å². The lowest BCUT2D eigenvalue weighted by Crippen LogP contribution is -1.94. The van der Waals surface area contributed by atoms with Crippen LogP contribution in [0.4, 0.5) is 0 Å². The van der Waals surface area contributed by atoms with Crippen LogP contribution in [0, 0.1) is 0 Å². The number of nitrogens with zero attached hydrogens (tertiary/aromatic N) is 1. The maximum absolute atomic E-state index is 4.50. The van der Waals surface area contributed by atoms with Gasteiger partial charge in [-0.05, 0) is 24.3 Å². The molecule has 1 N–H and O–H groups in total. The van der Waals surface area contributed by atoms with Crippen molar-refractivity contribution in [2.45, 2.75) is 31.6 Å². The van der Waals surface area contributed by atoms with Gasteiger partial charge in [0.05, 0.1) is 11.9 Å². The second kappa shape index (κ2) is 3.81. The second-order valence-corrected chi connectivity index (χ2v) is 4.96. The average molecular weight is 218 g/mol. The quantitative estimate of drug-likeness (QED) is 0.816. The topological polar surface area (TPSA) is 28.7 Å². The second-order valence-electron chi connectivity index (χ2n) is 4.18. The smallest absolute Gasteiger partial charge is 0.109 e. The van der Waals surface area contributed by atoms with E-state index in [-0.39, 0.29) is 0 Å². The Morgan fingerprint density at radius 1 is 1.33 bits per heavy atom. The Balaban J connectivity index is 1.87. The number of thiophene rings is 1. The van der Waals surface area contributed by atoms with E-state index < -0.39 is 0 Å². The van der Waals surface area contributed by atoms with Crippen LogP contribution < -0.4 is 0 Å². The van der Waals surface area contributed by atoms with E-state index in [1.54, 1.807) is 11.3 Å². The summed E-state index contributed by atoms with van der Waals surface area (Å²) in [7, 11) is 0. The first-order valence-electron chi connectivity index (χ1n) is 5.51. The van der Waals surface area contributed by atoms with Gasteiger partial charge < -0.3 is 4.98 Å². The molecule has 0 unspecified atom stereocenters. The molecule has 3 rings (SSSR count). The number of imidazole rings is 1. The lowest BCUT2D eigenvalue weighted by molar-refractivity contribution is 0.679. The molecule has 0 saturated heterocycles. The number of hydrogen-bond acceptors (Lipinski definition) is 2. The first-order valence-corrected chi connectivity index (χ1v) is 6.45. The highest BCUT2D eigenvalue weighted by atomic mass is 32.1.